The maximum Gasteiger partial charge on any atom is 0.508 e. The number of unbranched alkanes of at least 4 members (excludes halogenated alkanes) is 2. The van der Waals surface area contributed by atoms with Gasteiger partial charge in [0.25, 0.3) is 0 Å². The van der Waals surface area contributed by atoms with E-state index in [-0.39, 0.29) is 82.8 Å². The molecular formula is C103H101NO24. The first-order chi connectivity index (χ1) is 62.9. The normalized spacial score (nSPS) is 22.3. The Morgan fingerprint density at radius 3 is 1.14 bits per heavy atom. The number of carbonyl (C=O) groups excluding carboxylic acids is 6. The first-order valence-electron chi connectivity index (χ1n) is 42.9. The summed E-state index contributed by atoms with van der Waals surface area (Å²) in [5.41, 5.74) is 8.44. The summed E-state index contributed by atoms with van der Waals surface area (Å²) in [7, 11) is 1.15. The van der Waals surface area contributed by atoms with Crippen molar-refractivity contribution in [2.75, 3.05) is 40.1 Å². The number of rotatable bonds is 40. The molecule has 3 saturated heterocycles. The summed E-state index contributed by atoms with van der Waals surface area (Å²) in [6.45, 7) is -1.00. The Bertz CT molecular complexity index is 5250. The minimum atomic E-state index is -2.05. The summed E-state index contributed by atoms with van der Waals surface area (Å²) in [6, 6.07) is 95.7. The zero-order valence-electron chi connectivity index (χ0n) is 70.5. The van der Waals surface area contributed by atoms with Gasteiger partial charge < -0.3 is 90.6 Å². The van der Waals surface area contributed by atoms with Crippen molar-refractivity contribution in [1.82, 2.24) is 5.32 Å². The van der Waals surface area contributed by atoms with Crippen molar-refractivity contribution in [3.63, 3.8) is 0 Å². The van der Waals surface area contributed by atoms with Crippen LogP contribution in [-0.4, -0.2) is 168 Å². The molecule has 11 aromatic rings. The Labute approximate surface area is 742 Å². The maximum absolute atomic E-state index is 15.7. The fourth-order valence-electron chi connectivity index (χ4n) is 15.8. The smallest absolute Gasteiger partial charge is 0.467 e. The van der Waals surface area contributed by atoms with Crippen molar-refractivity contribution in [2.24, 2.45) is 0 Å². The van der Waals surface area contributed by atoms with E-state index < -0.39 is 134 Å². The average molecular weight is 1740 g/mol. The Morgan fingerprint density at radius 2 is 0.680 bits per heavy atom. The molecule has 3 fully saturated rings. The molecular weight excluding hydrogens is 1640 g/mol. The Hall–Kier alpha value is -12.6. The first kappa shape index (κ1) is 90.2. The van der Waals surface area contributed by atoms with Crippen LogP contribution in [0.2, 0.25) is 0 Å². The topological polar surface area (TPSA) is 281 Å². The first-order valence-corrected chi connectivity index (χ1v) is 42.9. The lowest BCUT2D eigenvalue weighted by molar-refractivity contribution is -0.382. The van der Waals surface area contributed by atoms with Crippen LogP contribution in [0.5, 0.6) is 0 Å². The predicted octanol–water partition coefficient (Wildman–Crippen LogP) is 16.4. The third-order valence-electron chi connectivity index (χ3n) is 22.2. The van der Waals surface area contributed by atoms with Crippen LogP contribution in [0.3, 0.4) is 0 Å². The van der Waals surface area contributed by atoms with Crippen molar-refractivity contribution < 1.29 is 114 Å². The summed E-state index contributed by atoms with van der Waals surface area (Å²) in [4.78, 5) is 89.6. The van der Waals surface area contributed by atoms with Crippen LogP contribution in [0, 0.1) is 0 Å². The Kier molecular flexibility index (Phi) is 32.6. The number of carbonyl (C=O) groups is 6. The number of ether oxygens (including phenoxy) is 18. The van der Waals surface area contributed by atoms with Crippen LogP contribution in [0.25, 0.3) is 11.1 Å². The standard InChI is InChI=1S/C103H101NO24/c1-111-98(108)91-89(117-64-73-44-20-6-21-45-73)90(126-100-93(123-96(106)76-50-26-9-27-51-76)88(116-63-72-42-18-5-19-43-72)86(84(121-100)68-113-61-70-38-14-3-15-39-70)128-103(110)119-66-82-80-56-32-30-54-78(80)79-55-31-33-57-81(79)82)94(124-97(107)77-52-28-10-29-53-77)101(127-91)125-85-83(67-112-60-69-36-12-2-13-37-69)120-99(114-59-35-11-34-58-104-102(109)118-65-74-46-22-7-23-47-74)92(122-95(105)75-48-24-8-25-49-75)87(85)115-62-71-40-16-4-17-41-71/h2-10,12-33,36-57,82-94,99-101H,11,34-35,58-68H2,1H3,(H,104,109)/t83-,84-,85-,86-,87+,88+,89+,90+,91+,92-,93-,94-,99-,100+,101-/m1/s1. The zero-order valence-corrected chi connectivity index (χ0v) is 70.5. The van der Waals surface area contributed by atoms with Crippen LogP contribution >= 0.6 is 0 Å². The number of nitrogens with one attached hydrogen (secondary N) is 1. The SMILES string of the molecule is COC(=O)[C@H]1O[C@@H](O[C@H]2[C@H](OCc3ccccc3)[C@@H](OC(=O)c3ccccc3)[C@H](OCCCCCNC(=O)OCc3ccccc3)O[C@@H]2COCc2ccccc2)[C@H](OC(=O)c2ccccc2)[C@@H](O[C@@H]2O[C@H](COCc3ccccc3)[C@@H](OC(=O)OCC3c4ccccc4-c4ccccc43)[C@H](OCc3ccccc3)[C@H]2OC(=O)c2ccccc2)[C@@H]1OCc1ccccc1. The van der Waals surface area contributed by atoms with Gasteiger partial charge in [-0.05, 0) is 111 Å². The van der Waals surface area contributed by atoms with E-state index in [9.17, 15) is 4.79 Å². The van der Waals surface area contributed by atoms with E-state index in [1.54, 1.807) is 103 Å². The highest BCUT2D eigenvalue weighted by atomic mass is 16.8. The minimum Gasteiger partial charge on any atom is -0.467 e. The van der Waals surface area contributed by atoms with Crippen molar-refractivity contribution in [2.45, 2.75) is 157 Å². The molecule has 0 spiro atoms. The fraction of sp³-hybridized carbons (Fsp3) is 0.301. The number of alkyl carbamates (subject to hydrolysis) is 1. The summed E-state index contributed by atoms with van der Waals surface area (Å²) in [6.07, 6.45) is -25.6. The molecule has 25 nitrogen and oxygen atoms in total. The number of benzene rings is 11. The van der Waals surface area contributed by atoms with Gasteiger partial charge in [-0.3, -0.25) is 0 Å². The second kappa shape index (κ2) is 46.2. The van der Waals surface area contributed by atoms with E-state index >= 15 is 24.0 Å². The molecule has 0 aromatic heterocycles. The van der Waals surface area contributed by atoms with E-state index in [0.717, 1.165) is 46.1 Å². The highest BCUT2D eigenvalue weighted by Crippen LogP contribution is 2.46. The van der Waals surface area contributed by atoms with E-state index in [1.807, 2.05) is 206 Å². The van der Waals surface area contributed by atoms with Gasteiger partial charge in [-0.15, -0.1) is 0 Å². The second-order valence-electron chi connectivity index (χ2n) is 31.0. The van der Waals surface area contributed by atoms with E-state index in [0.29, 0.717) is 42.5 Å². The molecule has 15 rings (SSSR count). The van der Waals surface area contributed by atoms with Gasteiger partial charge in [-0.2, -0.15) is 0 Å². The molecule has 1 amide bonds. The summed E-state index contributed by atoms with van der Waals surface area (Å²) in [5.74, 6) is -4.13. The minimum absolute atomic E-state index is 0.00588. The summed E-state index contributed by atoms with van der Waals surface area (Å²) < 4.78 is 123. The van der Waals surface area contributed by atoms with Gasteiger partial charge in [0.15, 0.2) is 49.4 Å². The van der Waals surface area contributed by atoms with Gasteiger partial charge in [-0.1, -0.05) is 285 Å². The maximum atomic E-state index is 15.7. The molecule has 0 radical (unpaired) electrons. The molecule has 128 heavy (non-hydrogen) atoms. The molecule has 0 unspecified atom stereocenters. The van der Waals surface area contributed by atoms with Crippen LogP contribution in [-0.2, 0) is 130 Å². The van der Waals surface area contributed by atoms with Crippen LogP contribution in [0.4, 0.5) is 9.59 Å². The third-order valence-corrected chi connectivity index (χ3v) is 22.2. The van der Waals surface area contributed by atoms with Gasteiger partial charge in [0.1, 0.15) is 55.9 Å². The molecule has 1 aliphatic carbocycles. The number of amides is 1. The predicted molar refractivity (Wildman–Crippen MR) is 466 cm³/mol. The van der Waals surface area contributed by atoms with E-state index in [2.05, 4.69) is 5.32 Å². The largest absolute Gasteiger partial charge is 0.508 e. The second-order valence-corrected chi connectivity index (χ2v) is 31.0. The van der Waals surface area contributed by atoms with Crippen LogP contribution < -0.4 is 5.32 Å². The highest BCUT2D eigenvalue weighted by Gasteiger charge is 2.61. The number of hydrogen-bond donors (Lipinski definition) is 1. The number of esters is 4. The lowest BCUT2D eigenvalue weighted by Crippen LogP contribution is -2.69. The molecule has 3 aliphatic heterocycles. The lowest BCUT2D eigenvalue weighted by atomic mass is 9.94. The molecule has 1 N–H and O–H groups in total. The number of fused-ring (bicyclic) bond motifs is 3. The van der Waals surface area contributed by atoms with Gasteiger partial charge >= 0.3 is 36.1 Å². The van der Waals surface area contributed by atoms with E-state index in [4.69, 9.17) is 85.3 Å². The Morgan fingerprint density at radius 1 is 0.312 bits per heavy atom. The number of hydrogen-bond acceptors (Lipinski definition) is 24. The summed E-state index contributed by atoms with van der Waals surface area (Å²) >= 11 is 0. The molecule has 662 valence electrons. The van der Waals surface area contributed by atoms with Crippen molar-refractivity contribution >= 4 is 36.1 Å². The molecule has 11 aromatic carbocycles. The molecule has 4 aliphatic rings. The van der Waals surface area contributed by atoms with Crippen LogP contribution in [0.15, 0.2) is 322 Å². The van der Waals surface area contributed by atoms with Gasteiger partial charge in [0, 0.05) is 19.1 Å². The molecule has 0 bridgehead atoms. The van der Waals surface area contributed by atoms with E-state index in [1.165, 1.54) is 12.1 Å². The van der Waals surface area contributed by atoms with Crippen molar-refractivity contribution in [3.8, 4) is 11.1 Å². The van der Waals surface area contributed by atoms with Gasteiger partial charge in [-0.25, -0.2) is 28.8 Å². The molecule has 0 saturated carbocycles. The quantitative estimate of drug-likeness (QED) is 0.0212. The van der Waals surface area contributed by atoms with Gasteiger partial charge in [0.05, 0.1) is 70.0 Å². The lowest BCUT2D eigenvalue weighted by Gasteiger charge is -2.50. The third kappa shape index (κ3) is 24.4. The van der Waals surface area contributed by atoms with Crippen molar-refractivity contribution in [1.29, 1.82) is 0 Å². The molecule has 25 heteroatoms. The fourth-order valence-corrected chi connectivity index (χ4v) is 15.8. The van der Waals surface area contributed by atoms with Crippen molar-refractivity contribution in [3.05, 3.63) is 383 Å². The summed E-state index contributed by atoms with van der Waals surface area (Å²) in [5, 5.41) is 2.82. The van der Waals surface area contributed by atoms with Gasteiger partial charge in [0.2, 0.25) is 0 Å². The van der Waals surface area contributed by atoms with Crippen LogP contribution in [0.1, 0.15) is 101 Å². The highest BCUT2D eigenvalue weighted by molar-refractivity contribution is 5.91. The number of methoxy groups -OCH3 is 1. The molecule has 3 heterocycles. The monoisotopic (exact) mass is 1740 g/mol. The molecule has 15 atom stereocenters. The average Bonchev–Trinajstić information content (AvgIpc) is 1.02. The zero-order chi connectivity index (χ0) is 88.0. The Balaban J connectivity index is 0.841.